The summed E-state index contributed by atoms with van der Waals surface area (Å²) in [6.07, 6.45) is 6.28. The van der Waals surface area contributed by atoms with Crippen LogP contribution in [0.2, 0.25) is 0 Å². The van der Waals surface area contributed by atoms with Crippen molar-refractivity contribution in [2.24, 2.45) is 0 Å². The van der Waals surface area contributed by atoms with Crippen LogP contribution in [0.25, 0.3) is 11.1 Å². The van der Waals surface area contributed by atoms with E-state index in [1.54, 1.807) is 23.5 Å². The van der Waals surface area contributed by atoms with Gasteiger partial charge in [0.1, 0.15) is 0 Å². The highest BCUT2D eigenvalue weighted by atomic mass is 16.5. The summed E-state index contributed by atoms with van der Waals surface area (Å²) < 4.78 is 5.10. The van der Waals surface area contributed by atoms with Gasteiger partial charge in [-0.2, -0.15) is 0 Å². The van der Waals surface area contributed by atoms with Gasteiger partial charge in [0.2, 0.25) is 5.91 Å². The second kappa shape index (κ2) is 11.4. The predicted octanol–water partition coefficient (Wildman–Crippen LogP) is 4.78. The van der Waals surface area contributed by atoms with Crippen LogP contribution in [0, 0.1) is 0 Å². The van der Waals surface area contributed by atoms with Gasteiger partial charge in [0, 0.05) is 36.9 Å². The number of fused-ring (bicyclic) bond motifs is 1. The summed E-state index contributed by atoms with van der Waals surface area (Å²) in [5.41, 5.74) is 5.74. The molecule has 1 amide bonds. The molecule has 0 radical (unpaired) electrons. The van der Waals surface area contributed by atoms with E-state index in [1.807, 2.05) is 79.7 Å². The Balaban J connectivity index is 1.52. The molecule has 2 aromatic heterocycles. The largest absolute Gasteiger partial charge is 0.465 e. The van der Waals surface area contributed by atoms with E-state index < -0.39 is 12.0 Å². The molecule has 0 saturated heterocycles. The Morgan fingerprint density at radius 3 is 2.45 bits per heavy atom. The predicted molar refractivity (Wildman–Crippen MR) is 147 cm³/mol. The average Bonchev–Trinajstić information content (AvgIpc) is 3.41. The lowest BCUT2D eigenvalue weighted by molar-refractivity contribution is -0.120. The van der Waals surface area contributed by atoms with E-state index in [-0.39, 0.29) is 11.9 Å². The number of ether oxygens (including phenoxy) is 1. The summed E-state index contributed by atoms with van der Waals surface area (Å²) in [4.78, 5) is 37.3. The molecule has 3 heterocycles. The number of amides is 1. The van der Waals surface area contributed by atoms with Gasteiger partial charge >= 0.3 is 5.97 Å². The molecule has 0 spiro atoms. The van der Waals surface area contributed by atoms with Gasteiger partial charge in [0.05, 0.1) is 24.4 Å². The second-order valence-corrected chi connectivity index (χ2v) is 9.37. The van der Waals surface area contributed by atoms with Gasteiger partial charge in [-0.05, 0) is 78.4 Å². The summed E-state index contributed by atoms with van der Waals surface area (Å²) >= 11 is 0. The van der Waals surface area contributed by atoms with Crippen molar-refractivity contribution in [2.45, 2.75) is 31.8 Å². The van der Waals surface area contributed by atoms with Crippen molar-refractivity contribution in [3.63, 3.8) is 0 Å². The maximum atomic E-state index is 14.2. The van der Waals surface area contributed by atoms with Crippen molar-refractivity contribution in [3.8, 4) is 11.1 Å². The van der Waals surface area contributed by atoms with Gasteiger partial charge < -0.3 is 9.64 Å². The van der Waals surface area contributed by atoms with Crippen LogP contribution in [0.4, 0.5) is 5.69 Å². The molecule has 38 heavy (non-hydrogen) atoms. The third-order valence-electron chi connectivity index (χ3n) is 6.95. The summed E-state index contributed by atoms with van der Waals surface area (Å²) in [5.74, 6) is -0.452. The normalized spacial score (nSPS) is 14.0. The van der Waals surface area contributed by atoms with E-state index in [2.05, 4.69) is 15.3 Å². The highest BCUT2D eigenvalue weighted by Gasteiger charge is 2.34. The molecule has 1 N–H and O–H groups in total. The van der Waals surface area contributed by atoms with Crippen molar-refractivity contribution < 1.29 is 14.3 Å². The first-order valence-corrected chi connectivity index (χ1v) is 12.7. The molecule has 0 aliphatic carbocycles. The van der Waals surface area contributed by atoms with Gasteiger partial charge in [-0.3, -0.25) is 20.1 Å². The highest BCUT2D eigenvalue weighted by molar-refractivity contribution is 6.03. The number of nitrogens with one attached hydrogen (secondary N) is 1. The van der Waals surface area contributed by atoms with Gasteiger partial charge in [-0.1, -0.05) is 36.4 Å². The number of anilines is 1. The van der Waals surface area contributed by atoms with E-state index in [0.717, 1.165) is 33.6 Å². The number of esters is 1. The van der Waals surface area contributed by atoms with Crippen LogP contribution in [-0.4, -0.2) is 41.5 Å². The standard InChI is InChI=1S/C31H30N4O3/c1-21(27-10-6-7-14-33-27)34-28(18-22-8-4-3-5-9-22)30(36)35-17-13-25-26(31(37)38-2)19-24(20-29(25)35)23-11-15-32-16-12-23/h3-12,14-16,19-21,28,34H,13,17-18H2,1-2H3/t21-,28?/m1/s1. The molecule has 0 bridgehead atoms. The third-order valence-corrected chi connectivity index (χ3v) is 6.95. The number of hydrogen-bond acceptors (Lipinski definition) is 6. The fourth-order valence-electron chi connectivity index (χ4n) is 5.01. The zero-order chi connectivity index (χ0) is 26.5. The summed E-state index contributed by atoms with van der Waals surface area (Å²) in [7, 11) is 1.38. The minimum atomic E-state index is -0.494. The summed E-state index contributed by atoms with van der Waals surface area (Å²) in [6, 6.07) is 22.7. The monoisotopic (exact) mass is 506 g/mol. The Morgan fingerprint density at radius 2 is 1.74 bits per heavy atom. The molecule has 7 nitrogen and oxygen atoms in total. The second-order valence-electron chi connectivity index (χ2n) is 9.37. The van der Waals surface area contributed by atoms with Crippen molar-refractivity contribution in [2.75, 3.05) is 18.6 Å². The van der Waals surface area contributed by atoms with Gasteiger partial charge in [-0.25, -0.2) is 4.79 Å². The fourth-order valence-corrected chi connectivity index (χ4v) is 5.01. The Bertz CT molecular complexity index is 1410. The molecular weight excluding hydrogens is 476 g/mol. The molecule has 5 rings (SSSR count). The van der Waals surface area contributed by atoms with E-state index in [9.17, 15) is 9.59 Å². The Labute approximate surface area is 222 Å². The fraction of sp³-hybridized carbons (Fsp3) is 0.226. The number of nitrogens with zero attached hydrogens (tertiary/aromatic N) is 3. The minimum Gasteiger partial charge on any atom is -0.465 e. The molecule has 1 aliphatic rings. The van der Waals surface area contributed by atoms with E-state index >= 15 is 0 Å². The number of carbonyl (C=O) groups is 2. The van der Waals surface area contributed by atoms with E-state index in [1.165, 1.54) is 7.11 Å². The van der Waals surface area contributed by atoms with E-state index in [4.69, 9.17) is 4.74 Å². The zero-order valence-electron chi connectivity index (χ0n) is 21.5. The lowest BCUT2D eigenvalue weighted by Crippen LogP contribution is -2.48. The quantitative estimate of drug-likeness (QED) is 0.346. The third kappa shape index (κ3) is 5.33. The number of aromatic nitrogens is 2. The van der Waals surface area contributed by atoms with Crippen LogP contribution in [0.15, 0.2) is 91.4 Å². The molecule has 2 atom stereocenters. The van der Waals surface area contributed by atoms with E-state index in [0.29, 0.717) is 24.9 Å². The number of pyridine rings is 2. The SMILES string of the molecule is COC(=O)c1cc(-c2ccncc2)cc2c1CCN2C(=O)C(Cc1ccccc1)N[C@H](C)c1ccccn1. The van der Waals surface area contributed by atoms with Crippen LogP contribution in [0.3, 0.4) is 0 Å². The smallest absolute Gasteiger partial charge is 0.338 e. The summed E-state index contributed by atoms with van der Waals surface area (Å²) in [5, 5.41) is 3.53. The molecule has 7 heteroatoms. The van der Waals surface area contributed by atoms with Crippen LogP contribution < -0.4 is 10.2 Å². The topological polar surface area (TPSA) is 84.4 Å². The Hall–Kier alpha value is -4.36. The van der Waals surface area contributed by atoms with Gasteiger partial charge in [0.25, 0.3) is 0 Å². The van der Waals surface area contributed by atoms with Gasteiger partial charge in [-0.15, -0.1) is 0 Å². The minimum absolute atomic E-state index is 0.0434. The first kappa shape index (κ1) is 25.3. The first-order chi connectivity index (χ1) is 18.5. The number of carbonyl (C=O) groups excluding carboxylic acids is 2. The molecule has 1 unspecified atom stereocenters. The molecule has 4 aromatic rings. The van der Waals surface area contributed by atoms with Crippen LogP contribution >= 0.6 is 0 Å². The Kier molecular flexibility index (Phi) is 7.56. The lowest BCUT2D eigenvalue weighted by atomic mass is 9.97. The average molecular weight is 507 g/mol. The molecule has 1 aliphatic heterocycles. The number of benzene rings is 2. The van der Waals surface area contributed by atoms with Crippen molar-refractivity contribution in [3.05, 3.63) is 114 Å². The summed E-state index contributed by atoms with van der Waals surface area (Å²) in [6.45, 7) is 2.51. The van der Waals surface area contributed by atoms with Crippen LogP contribution in [0.5, 0.6) is 0 Å². The highest BCUT2D eigenvalue weighted by Crippen LogP contribution is 2.37. The molecule has 0 fully saturated rings. The number of methoxy groups -OCH3 is 1. The lowest BCUT2D eigenvalue weighted by Gasteiger charge is -2.28. The zero-order valence-corrected chi connectivity index (χ0v) is 21.5. The van der Waals surface area contributed by atoms with Crippen LogP contribution in [-0.2, 0) is 22.4 Å². The maximum absolute atomic E-state index is 14.2. The number of hydrogen-bond donors (Lipinski definition) is 1. The number of rotatable bonds is 8. The maximum Gasteiger partial charge on any atom is 0.338 e. The van der Waals surface area contributed by atoms with Crippen molar-refractivity contribution >= 4 is 17.6 Å². The molecule has 2 aromatic carbocycles. The molecule has 192 valence electrons. The van der Waals surface area contributed by atoms with Crippen LogP contribution in [0.1, 0.15) is 40.1 Å². The Morgan fingerprint density at radius 1 is 0.974 bits per heavy atom. The van der Waals surface area contributed by atoms with Gasteiger partial charge in [0.15, 0.2) is 0 Å². The molecule has 0 saturated carbocycles. The van der Waals surface area contributed by atoms with Crippen molar-refractivity contribution in [1.29, 1.82) is 0 Å². The molecular formula is C31H30N4O3. The first-order valence-electron chi connectivity index (χ1n) is 12.7. The van der Waals surface area contributed by atoms with Crippen molar-refractivity contribution in [1.82, 2.24) is 15.3 Å².